The Labute approximate surface area is 118 Å². The van der Waals surface area contributed by atoms with Gasteiger partial charge in [-0.3, -0.25) is 4.79 Å². The van der Waals surface area contributed by atoms with Crippen LogP contribution in [0.1, 0.15) is 39.5 Å². The van der Waals surface area contributed by atoms with Crippen LogP contribution >= 0.6 is 0 Å². The molecular formula is C13H23N3O4. The highest BCUT2D eigenvalue weighted by Gasteiger charge is 2.34. The maximum absolute atomic E-state index is 12.1. The first-order valence-electron chi connectivity index (χ1n) is 6.89. The van der Waals surface area contributed by atoms with Crippen molar-refractivity contribution in [3.63, 3.8) is 0 Å². The fraction of sp³-hybridized carbons (Fsp3) is 0.769. The second-order valence-electron chi connectivity index (χ2n) is 5.62. The first-order chi connectivity index (χ1) is 9.31. The van der Waals surface area contributed by atoms with Gasteiger partial charge in [-0.15, -0.1) is 0 Å². The number of hydrogen-bond acceptors (Lipinski definition) is 3. The summed E-state index contributed by atoms with van der Waals surface area (Å²) < 4.78 is 0. The van der Waals surface area contributed by atoms with Crippen molar-refractivity contribution in [1.82, 2.24) is 10.2 Å². The fourth-order valence-electron chi connectivity index (χ4n) is 1.87. The van der Waals surface area contributed by atoms with E-state index in [1.807, 2.05) is 0 Å². The molecule has 0 spiro atoms. The van der Waals surface area contributed by atoms with E-state index in [9.17, 15) is 14.4 Å². The number of urea groups is 1. The van der Waals surface area contributed by atoms with E-state index < -0.39 is 30.4 Å². The zero-order valence-electron chi connectivity index (χ0n) is 12.0. The van der Waals surface area contributed by atoms with Gasteiger partial charge in [0.15, 0.2) is 0 Å². The smallest absolute Gasteiger partial charge is 0.326 e. The summed E-state index contributed by atoms with van der Waals surface area (Å²) in [6.07, 6.45) is 2.35. The molecule has 7 heteroatoms. The molecule has 0 aromatic heterocycles. The molecule has 1 aliphatic rings. The van der Waals surface area contributed by atoms with Gasteiger partial charge in [0.1, 0.15) is 6.04 Å². The number of carboxylic acids is 1. The number of rotatable bonds is 8. The highest BCUT2D eigenvalue weighted by atomic mass is 16.4. The predicted octanol–water partition coefficient (Wildman–Crippen LogP) is 0.535. The third kappa shape index (κ3) is 5.46. The van der Waals surface area contributed by atoms with Gasteiger partial charge >= 0.3 is 12.0 Å². The monoisotopic (exact) mass is 285 g/mol. The van der Waals surface area contributed by atoms with Crippen LogP contribution in [0.25, 0.3) is 0 Å². The molecule has 1 fully saturated rings. The summed E-state index contributed by atoms with van der Waals surface area (Å²) in [6.45, 7) is 4.73. The van der Waals surface area contributed by atoms with Crippen molar-refractivity contribution in [3.05, 3.63) is 0 Å². The largest absolute Gasteiger partial charge is 0.480 e. The Morgan fingerprint density at radius 3 is 2.35 bits per heavy atom. The van der Waals surface area contributed by atoms with Crippen LogP contribution in [0.4, 0.5) is 4.79 Å². The van der Waals surface area contributed by atoms with Crippen molar-refractivity contribution in [3.8, 4) is 0 Å². The molecule has 0 unspecified atom stereocenters. The summed E-state index contributed by atoms with van der Waals surface area (Å²) in [4.78, 5) is 35.6. The molecule has 1 saturated carbocycles. The first kappa shape index (κ1) is 16.3. The highest BCUT2D eigenvalue weighted by Crippen LogP contribution is 2.27. The van der Waals surface area contributed by atoms with Crippen LogP contribution < -0.4 is 11.1 Å². The molecule has 0 aromatic carbocycles. The van der Waals surface area contributed by atoms with Crippen molar-refractivity contribution < 1.29 is 19.5 Å². The van der Waals surface area contributed by atoms with Crippen molar-refractivity contribution in [2.24, 2.45) is 11.7 Å². The van der Waals surface area contributed by atoms with Gasteiger partial charge in [-0.1, -0.05) is 13.8 Å². The highest BCUT2D eigenvalue weighted by molar-refractivity contribution is 5.87. The summed E-state index contributed by atoms with van der Waals surface area (Å²) in [7, 11) is 0. The van der Waals surface area contributed by atoms with Gasteiger partial charge < -0.3 is 21.1 Å². The molecular weight excluding hydrogens is 262 g/mol. The minimum absolute atomic E-state index is 0.191. The van der Waals surface area contributed by atoms with E-state index in [4.69, 9.17) is 10.8 Å². The van der Waals surface area contributed by atoms with Gasteiger partial charge in [0.25, 0.3) is 0 Å². The Morgan fingerprint density at radius 1 is 1.35 bits per heavy atom. The molecule has 4 N–H and O–H groups in total. The lowest BCUT2D eigenvalue weighted by atomic mass is 10.1. The molecule has 0 aliphatic heterocycles. The average molecular weight is 285 g/mol. The summed E-state index contributed by atoms with van der Waals surface area (Å²) in [6, 6.07) is -1.50. The lowest BCUT2D eigenvalue weighted by Gasteiger charge is -2.25. The van der Waals surface area contributed by atoms with Crippen molar-refractivity contribution in [2.45, 2.75) is 51.6 Å². The van der Waals surface area contributed by atoms with Gasteiger partial charge in [-0.05, 0) is 25.2 Å². The SMILES string of the molecule is CC(C)CCN(C(=O)N[C@@H](CC(N)=O)C(=O)O)C1CC1. The number of carbonyl (C=O) groups excluding carboxylic acids is 2. The minimum atomic E-state index is -1.26. The van der Waals surface area contributed by atoms with Crippen LogP contribution in [0.5, 0.6) is 0 Å². The van der Waals surface area contributed by atoms with E-state index in [1.165, 1.54) is 0 Å². The molecule has 1 atom stereocenters. The molecule has 0 radical (unpaired) electrons. The zero-order valence-corrected chi connectivity index (χ0v) is 12.0. The van der Waals surface area contributed by atoms with E-state index in [-0.39, 0.29) is 6.04 Å². The zero-order chi connectivity index (χ0) is 15.3. The van der Waals surface area contributed by atoms with Crippen LogP contribution in [0.15, 0.2) is 0 Å². The summed E-state index contributed by atoms with van der Waals surface area (Å²) in [5.41, 5.74) is 4.99. The van der Waals surface area contributed by atoms with E-state index in [0.29, 0.717) is 12.5 Å². The molecule has 20 heavy (non-hydrogen) atoms. The Kier molecular flexibility index (Phi) is 5.79. The third-order valence-electron chi connectivity index (χ3n) is 3.20. The van der Waals surface area contributed by atoms with Gasteiger partial charge in [0.2, 0.25) is 5.91 Å². The minimum Gasteiger partial charge on any atom is -0.480 e. The van der Waals surface area contributed by atoms with Gasteiger partial charge in [-0.2, -0.15) is 0 Å². The number of nitrogens with zero attached hydrogens (tertiary/aromatic N) is 1. The quantitative estimate of drug-likeness (QED) is 0.604. The number of nitrogens with one attached hydrogen (secondary N) is 1. The Balaban J connectivity index is 2.59. The number of carbonyl (C=O) groups is 3. The first-order valence-corrected chi connectivity index (χ1v) is 6.89. The second kappa shape index (κ2) is 7.12. The van der Waals surface area contributed by atoms with Crippen LogP contribution in [-0.4, -0.2) is 46.5 Å². The van der Waals surface area contributed by atoms with Crippen LogP contribution in [0.2, 0.25) is 0 Å². The molecule has 1 aliphatic carbocycles. The molecule has 0 bridgehead atoms. The van der Waals surface area contributed by atoms with Gasteiger partial charge in [0, 0.05) is 12.6 Å². The van der Waals surface area contributed by atoms with Gasteiger partial charge in [0.05, 0.1) is 6.42 Å². The van der Waals surface area contributed by atoms with Crippen LogP contribution in [0, 0.1) is 5.92 Å². The van der Waals surface area contributed by atoms with E-state index >= 15 is 0 Å². The number of amides is 3. The summed E-state index contributed by atoms with van der Waals surface area (Å²) in [5.74, 6) is -1.54. The Morgan fingerprint density at radius 2 is 1.95 bits per heavy atom. The van der Waals surface area contributed by atoms with Crippen molar-refractivity contribution in [1.29, 1.82) is 0 Å². The number of nitrogens with two attached hydrogens (primary N) is 1. The molecule has 1 rings (SSSR count). The maximum Gasteiger partial charge on any atom is 0.326 e. The maximum atomic E-state index is 12.1. The molecule has 3 amide bonds. The number of aliphatic carboxylic acids is 1. The molecule has 0 aromatic rings. The number of carboxylic acid groups (broad SMARTS) is 1. The van der Waals surface area contributed by atoms with E-state index in [0.717, 1.165) is 19.3 Å². The van der Waals surface area contributed by atoms with Crippen LogP contribution in [0.3, 0.4) is 0 Å². The summed E-state index contributed by atoms with van der Waals surface area (Å²) in [5, 5.41) is 11.4. The lowest BCUT2D eigenvalue weighted by molar-refractivity contribution is -0.141. The predicted molar refractivity (Wildman–Crippen MR) is 72.9 cm³/mol. The van der Waals surface area contributed by atoms with Crippen molar-refractivity contribution in [2.75, 3.05) is 6.54 Å². The number of hydrogen-bond donors (Lipinski definition) is 3. The van der Waals surface area contributed by atoms with Gasteiger partial charge in [-0.25, -0.2) is 9.59 Å². The van der Waals surface area contributed by atoms with E-state index in [1.54, 1.807) is 4.90 Å². The molecule has 114 valence electrons. The van der Waals surface area contributed by atoms with E-state index in [2.05, 4.69) is 19.2 Å². The van der Waals surface area contributed by atoms with Crippen molar-refractivity contribution >= 4 is 17.9 Å². The Bertz CT molecular complexity index is 380. The molecule has 0 saturated heterocycles. The lowest BCUT2D eigenvalue weighted by Crippen LogP contribution is -2.50. The average Bonchev–Trinajstić information content (AvgIpc) is 3.11. The van der Waals surface area contributed by atoms with Crippen LogP contribution in [-0.2, 0) is 9.59 Å². The summed E-state index contributed by atoms with van der Waals surface area (Å²) >= 11 is 0. The second-order valence-corrected chi connectivity index (χ2v) is 5.62. The Hall–Kier alpha value is -1.79. The molecule has 7 nitrogen and oxygen atoms in total. The topological polar surface area (TPSA) is 113 Å². The molecule has 0 heterocycles. The normalized spacial score (nSPS) is 15.8. The standard InChI is InChI=1S/C13H23N3O4/c1-8(2)5-6-16(9-3-4-9)13(20)15-10(12(18)19)7-11(14)17/h8-10H,3-7H2,1-2H3,(H2,14,17)(H,15,20)(H,18,19)/t10-/m0/s1. The third-order valence-corrected chi connectivity index (χ3v) is 3.20. The fourth-order valence-corrected chi connectivity index (χ4v) is 1.87. The number of primary amides is 1.